The van der Waals surface area contributed by atoms with E-state index in [2.05, 4.69) is 15.5 Å². The summed E-state index contributed by atoms with van der Waals surface area (Å²) in [4.78, 5) is 12.2. The van der Waals surface area contributed by atoms with Gasteiger partial charge in [-0.15, -0.1) is 0 Å². The van der Waals surface area contributed by atoms with Gasteiger partial charge < -0.3 is 9.73 Å². The summed E-state index contributed by atoms with van der Waals surface area (Å²) in [7, 11) is 0. The number of carbonyl (C=O) groups is 1. The summed E-state index contributed by atoms with van der Waals surface area (Å²) in [5.74, 6) is 0.669. The van der Waals surface area contributed by atoms with Crippen LogP contribution in [0.25, 0.3) is 0 Å². The molecule has 0 unspecified atom stereocenters. The van der Waals surface area contributed by atoms with Crippen LogP contribution in [0.5, 0.6) is 0 Å². The number of hydrogen-bond acceptors (Lipinski definition) is 4. The van der Waals surface area contributed by atoms with Crippen molar-refractivity contribution in [3.63, 3.8) is 0 Å². The molecule has 0 aliphatic carbocycles. The summed E-state index contributed by atoms with van der Waals surface area (Å²) in [6.45, 7) is 7.22. The molecule has 0 bridgehead atoms. The number of nitrogens with zero attached hydrogens (tertiary/aromatic N) is 4. The summed E-state index contributed by atoms with van der Waals surface area (Å²) in [6, 6.07) is 3.43. The highest BCUT2D eigenvalue weighted by molar-refractivity contribution is 6.31. The highest BCUT2D eigenvalue weighted by Gasteiger charge is 2.14. The van der Waals surface area contributed by atoms with E-state index in [1.54, 1.807) is 27.7 Å². The van der Waals surface area contributed by atoms with Crippen molar-refractivity contribution >= 4 is 29.1 Å². The molecule has 0 aromatic carbocycles. The van der Waals surface area contributed by atoms with Crippen LogP contribution in [0, 0.1) is 20.8 Å². The Hall–Kier alpha value is -2.25. The largest absolute Gasteiger partial charge is 0.454 e. The number of amides is 1. The predicted octanol–water partition coefficient (Wildman–Crippen LogP) is 3.77. The van der Waals surface area contributed by atoms with E-state index >= 15 is 0 Å². The Morgan fingerprint density at radius 3 is 2.59 bits per heavy atom. The van der Waals surface area contributed by atoms with Crippen LogP contribution in [0.2, 0.25) is 10.0 Å². The van der Waals surface area contributed by atoms with E-state index in [9.17, 15) is 4.79 Å². The van der Waals surface area contributed by atoms with E-state index < -0.39 is 0 Å². The van der Waals surface area contributed by atoms with Crippen LogP contribution in [0.3, 0.4) is 0 Å². The first kappa shape index (κ1) is 19.5. The van der Waals surface area contributed by atoms with Crippen molar-refractivity contribution in [1.29, 1.82) is 0 Å². The van der Waals surface area contributed by atoms with Crippen LogP contribution < -0.4 is 5.32 Å². The van der Waals surface area contributed by atoms with Gasteiger partial charge in [-0.05, 0) is 39.3 Å². The second-order valence-corrected chi connectivity index (χ2v) is 7.13. The molecule has 3 aromatic rings. The van der Waals surface area contributed by atoms with Crippen LogP contribution in [0.15, 0.2) is 22.7 Å². The maximum absolute atomic E-state index is 12.2. The minimum Gasteiger partial charge on any atom is -0.454 e. The quantitative estimate of drug-likeness (QED) is 0.602. The summed E-state index contributed by atoms with van der Waals surface area (Å²) in [5, 5.41) is 12.8. The van der Waals surface area contributed by atoms with E-state index in [1.165, 1.54) is 0 Å². The lowest BCUT2D eigenvalue weighted by atomic mass is 10.3. The molecule has 0 radical (unpaired) electrons. The molecule has 0 spiro atoms. The fourth-order valence-corrected chi connectivity index (χ4v) is 2.99. The number of aryl methyl sites for hydroxylation is 3. The van der Waals surface area contributed by atoms with Crippen LogP contribution in [0.4, 0.5) is 0 Å². The van der Waals surface area contributed by atoms with Gasteiger partial charge in [-0.25, -0.2) is 0 Å². The first-order valence-corrected chi connectivity index (χ1v) is 9.36. The van der Waals surface area contributed by atoms with E-state index in [0.29, 0.717) is 35.4 Å². The average Bonchev–Trinajstić information content (AvgIpc) is 3.29. The third-order valence-electron chi connectivity index (χ3n) is 4.22. The molecule has 0 fully saturated rings. The highest BCUT2D eigenvalue weighted by Crippen LogP contribution is 2.20. The molecule has 7 nitrogen and oxygen atoms in total. The highest BCUT2D eigenvalue weighted by atomic mass is 35.5. The minimum atomic E-state index is -0.248. The maximum atomic E-state index is 12.2. The van der Waals surface area contributed by atoms with Crippen molar-refractivity contribution in [2.45, 2.75) is 40.3 Å². The smallest absolute Gasteiger partial charge is 0.286 e. The summed E-state index contributed by atoms with van der Waals surface area (Å²) < 4.78 is 9.17. The van der Waals surface area contributed by atoms with Gasteiger partial charge >= 0.3 is 0 Å². The Balaban J connectivity index is 1.50. The first-order chi connectivity index (χ1) is 12.8. The molecule has 0 atom stereocenters. The maximum Gasteiger partial charge on any atom is 0.286 e. The van der Waals surface area contributed by atoms with Crippen LogP contribution in [-0.4, -0.2) is 32.0 Å². The molecule has 144 valence electrons. The number of aromatic nitrogens is 4. The Morgan fingerprint density at radius 2 is 1.96 bits per heavy atom. The molecular weight excluding hydrogens is 389 g/mol. The van der Waals surface area contributed by atoms with Crippen molar-refractivity contribution in [3.8, 4) is 0 Å². The number of rotatable bonds is 7. The molecule has 9 heteroatoms. The van der Waals surface area contributed by atoms with Gasteiger partial charge in [-0.2, -0.15) is 10.2 Å². The van der Waals surface area contributed by atoms with Crippen LogP contribution in [-0.2, 0) is 13.1 Å². The van der Waals surface area contributed by atoms with Crippen molar-refractivity contribution in [2.24, 2.45) is 0 Å². The summed E-state index contributed by atoms with van der Waals surface area (Å²) in [6.07, 6.45) is 2.52. The fourth-order valence-electron chi connectivity index (χ4n) is 2.70. The second-order valence-electron chi connectivity index (χ2n) is 6.34. The van der Waals surface area contributed by atoms with Crippen molar-refractivity contribution in [3.05, 3.63) is 57.0 Å². The van der Waals surface area contributed by atoms with Crippen molar-refractivity contribution in [1.82, 2.24) is 24.9 Å². The molecule has 3 rings (SSSR count). The zero-order chi connectivity index (χ0) is 19.6. The average molecular weight is 410 g/mol. The molecule has 0 aliphatic heterocycles. The SMILES string of the molecule is Cc1nn(CCCNC(=O)c2ccc(Cn3nc(C)c(Cl)c3C)o2)cc1Cl. The predicted molar refractivity (Wildman–Crippen MR) is 103 cm³/mol. The normalized spacial score (nSPS) is 11.1. The van der Waals surface area contributed by atoms with E-state index in [-0.39, 0.29) is 11.7 Å². The number of hydrogen-bond donors (Lipinski definition) is 1. The van der Waals surface area contributed by atoms with E-state index in [0.717, 1.165) is 23.5 Å². The first-order valence-electron chi connectivity index (χ1n) is 8.61. The third-order valence-corrected chi connectivity index (χ3v) is 5.14. The van der Waals surface area contributed by atoms with Gasteiger partial charge in [0.15, 0.2) is 5.76 Å². The van der Waals surface area contributed by atoms with Crippen LogP contribution in [0.1, 0.15) is 39.8 Å². The van der Waals surface area contributed by atoms with Gasteiger partial charge in [0.2, 0.25) is 0 Å². The van der Waals surface area contributed by atoms with Gasteiger partial charge in [-0.1, -0.05) is 23.2 Å². The van der Waals surface area contributed by atoms with Crippen molar-refractivity contribution in [2.75, 3.05) is 6.54 Å². The minimum absolute atomic E-state index is 0.248. The van der Waals surface area contributed by atoms with Gasteiger partial charge in [0.1, 0.15) is 5.76 Å². The zero-order valence-corrected chi connectivity index (χ0v) is 16.9. The monoisotopic (exact) mass is 409 g/mol. The van der Waals surface area contributed by atoms with Crippen molar-refractivity contribution < 1.29 is 9.21 Å². The Labute approximate surface area is 167 Å². The molecule has 3 aromatic heterocycles. The lowest BCUT2D eigenvalue weighted by Gasteiger charge is -2.04. The van der Waals surface area contributed by atoms with E-state index in [1.807, 2.05) is 20.8 Å². The summed E-state index contributed by atoms with van der Waals surface area (Å²) >= 11 is 12.1. The van der Waals surface area contributed by atoms with Crippen LogP contribution >= 0.6 is 23.2 Å². The third kappa shape index (κ3) is 4.54. The Kier molecular flexibility index (Phi) is 5.92. The molecule has 0 aliphatic rings. The lowest BCUT2D eigenvalue weighted by molar-refractivity contribution is 0.0923. The molecular formula is C18H21Cl2N5O2. The second kappa shape index (κ2) is 8.19. The molecule has 1 amide bonds. The molecule has 1 N–H and O–H groups in total. The summed E-state index contributed by atoms with van der Waals surface area (Å²) in [5.41, 5.74) is 2.44. The number of nitrogens with one attached hydrogen (secondary N) is 1. The zero-order valence-electron chi connectivity index (χ0n) is 15.4. The Morgan fingerprint density at radius 1 is 1.19 bits per heavy atom. The number of carbonyl (C=O) groups excluding carboxylic acids is 1. The van der Waals surface area contributed by atoms with Gasteiger partial charge in [0.05, 0.1) is 33.7 Å². The molecule has 27 heavy (non-hydrogen) atoms. The molecule has 3 heterocycles. The Bertz CT molecular complexity index is 938. The molecule has 0 saturated carbocycles. The topological polar surface area (TPSA) is 77.9 Å². The van der Waals surface area contributed by atoms with Gasteiger partial charge in [0.25, 0.3) is 5.91 Å². The number of furan rings is 1. The van der Waals surface area contributed by atoms with Gasteiger partial charge in [-0.3, -0.25) is 14.2 Å². The fraction of sp³-hybridized carbons (Fsp3) is 0.389. The van der Waals surface area contributed by atoms with Gasteiger partial charge in [0, 0.05) is 19.3 Å². The number of halogens is 2. The standard InChI is InChI=1S/C18H21Cl2N5O2/c1-11-15(19)10-24(22-11)8-4-7-21-18(26)16-6-5-14(27-16)9-25-13(3)17(20)12(2)23-25/h5-6,10H,4,7-9H2,1-3H3,(H,21,26). The molecule has 0 saturated heterocycles. The van der Waals surface area contributed by atoms with E-state index in [4.69, 9.17) is 27.6 Å². The lowest BCUT2D eigenvalue weighted by Crippen LogP contribution is -2.24.